The fourth-order valence-electron chi connectivity index (χ4n) is 1.17. The predicted octanol–water partition coefficient (Wildman–Crippen LogP) is -5.82. The van der Waals surface area contributed by atoms with Crippen LogP contribution in [0, 0.1) is 0 Å². The van der Waals surface area contributed by atoms with Crippen molar-refractivity contribution in [1.82, 2.24) is 0 Å². The Balaban J connectivity index is 0.00000112. The average Bonchev–Trinajstić information content (AvgIpc) is 2.51. The largest absolute Gasteiger partial charge is 1.00 e. The third-order valence-corrected chi connectivity index (χ3v) is 2.02. The first-order valence-electron chi connectivity index (χ1n) is 3.94. The highest BCUT2D eigenvalue weighted by Crippen LogP contribution is 2.04. The summed E-state index contributed by atoms with van der Waals surface area (Å²) in [4.78, 5) is 33.9. The van der Waals surface area contributed by atoms with E-state index < -0.39 is 17.5 Å². The molecule has 80 valence electrons. The van der Waals surface area contributed by atoms with Crippen molar-refractivity contribution >= 4 is 29.6 Å². The summed E-state index contributed by atoms with van der Waals surface area (Å²) in [6.45, 7) is 1.27. The molecule has 0 aromatic rings. The molecule has 0 fully saturated rings. The highest BCUT2D eigenvalue weighted by atomic mass is 79.9. The normalized spacial score (nSPS) is 27.7. The van der Waals surface area contributed by atoms with Crippen LogP contribution in [0.15, 0.2) is 15.0 Å². The van der Waals surface area contributed by atoms with E-state index in [0.29, 0.717) is 0 Å². The van der Waals surface area contributed by atoms with Gasteiger partial charge in [0.15, 0.2) is 5.84 Å². The van der Waals surface area contributed by atoms with Crippen molar-refractivity contribution in [2.24, 2.45) is 20.7 Å². The molecule has 15 heavy (non-hydrogen) atoms. The van der Waals surface area contributed by atoms with Crippen molar-refractivity contribution in [3.8, 4) is 0 Å². The smallest absolute Gasteiger partial charge is 0.368 e. The predicted molar refractivity (Wildman–Crippen MR) is 47.9 cm³/mol. The molecule has 0 aromatic carbocycles. The molecular weight excluding hydrogens is 266 g/mol. The number of primary amides is 1. The highest BCUT2D eigenvalue weighted by molar-refractivity contribution is 6.67. The number of carbonyl (C=O) groups excluding carboxylic acids is 2. The van der Waals surface area contributed by atoms with Crippen molar-refractivity contribution in [3.63, 3.8) is 0 Å². The summed E-state index contributed by atoms with van der Waals surface area (Å²) >= 11 is 0. The molecule has 0 bridgehead atoms. The van der Waals surface area contributed by atoms with Crippen LogP contribution in [0.5, 0.6) is 0 Å². The maximum absolute atomic E-state index is 11.4. The summed E-state index contributed by atoms with van der Waals surface area (Å²) in [5.41, 5.74) is 5.75. The summed E-state index contributed by atoms with van der Waals surface area (Å²) < 4.78 is 0. The Morgan fingerprint density at radius 2 is 2.27 bits per heavy atom. The van der Waals surface area contributed by atoms with Gasteiger partial charge in [0.05, 0.1) is 0 Å². The molecule has 0 radical (unpaired) electrons. The van der Waals surface area contributed by atoms with E-state index >= 15 is 0 Å². The number of hydrogen-bond donors (Lipinski definition) is 2. The lowest BCUT2D eigenvalue weighted by atomic mass is 10.1. The fraction of sp³-hybridized carbons (Fsp3) is 0.286. The number of hydrogen-bond acceptors (Lipinski definition) is 6. The zero-order chi connectivity index (χ0) is 10.3. The van der Waals surface area contributed by atoms with Gasteiger partial charge in [-0.2, -0.15) is 4.99 Å². The summed E-state index contributed by atoms with van der Waals surface area (Å²) in [5.74, 6) is -2.26. The number of carbonyl (C=O) groups is 2. The van der Waals surface area contributed by atoms with Gasteiger partial charge in [0.25, 0.3) is 0 Å². The van der Waals surface area contributed by atoms with E-state index in [9.17, 15) is 9.59 Å². The number of Topliss-reactive ketones (excluding diaryl/α,β-unsaturated/α-hetero) is 1. The minimum absolute atomic E-state index is 0. The van der Waals surface area contributed by atoms with Gasteiger partial charge in [-0.05, 0) is 0 Å². The first-order chi connectivity index (χ1) is 6.53. The van der Waals surface area contributed by atoms with Gasteiger partial charge in [-0.3, -0.25) is 10.5 Å². The molecule has 2 aliphatic heterocycles. The molecule has 8 heteroatoms. The van der Waals surface area contributed by atoms with Crippen molar-refractivity contribution < 1.29 is 31.9 Å². The Morgan fingerprint density at radius 1 is 1.60 bits per heavy atom. The lowest BCUT2D eigenvalue weighted by molar-refractivity contribution is -0.624. The number of nitrogens with two attached hydrogens (primary N) is 2. The number of halogens is 1. The molecule has 0 aliphatic carbocycles. The fourth-order valence-corrected chi connectivity index (χ4v) is 1.17. The second-order valence-corrected chi connectivity index (χ2v) is 3.05. The lowest BCUT2D eigenvalue weighted by Crippen LogP contribution is -3.06. The molecule has 0 aromatic heterocycles. The lowest BCUT2D eigenvalue weighted by Gasteiger charge is -2.21. The molecular formula is C7H8BrN5O2. The number of ketones is 1. The number of amides is 1. The molecule has 0 saturated carbocycles. The van der Waals surface area contributed by atoms with Crippen molar-refractivity contribution in [2.45, 2.75) is 12.7 Å². The number of aliphatic imine (C=N–C) groups is 3. The van der Waals surface area contributed by atoms with Crippen LogP contribution in [0.2, 0.25) is 0 Å². The molecule has 1 unspecified atom stereocenters. The zero-order valence-electron chi connectivity index (χ0n) is 7.77. The van der Waals surface area contributed by atoms with E-state index in [1.807, 2.05) is 0 Å². The van der Waals surface area contributed by atoms with Gasteiger partial charge in [-0.15, -0.1) is 0 Å². The second kappa shape index (κ2) is 3.72. The van der Waals surface area contributed by atoms with Crippen LogP contribution >= 0.6 is 0 Å². The number of nitrogens with zero attached hydrogens (tertiary/aromatic N) is 3. The Morgan fingerprint density at radius 3 is 2.87 bits per heavy atom. The first kappa shape index (κ1) is 11.8. The summed E-state index contributed by atoms with van der Waals surface area (Å²) in [6, 6.07) is 0. The Kier molecular flexibility index (Phi) is 2.93. The monoisotopic (exact) mass is 273 g/mol. The van der Waals surface area contributed by atoms with E-state index in [0.717, 1.165) is 5.32 Å². The topological polar surface area (TPSA) is 114 Å². The van der Waals surface area contributed by atoms with Crippen LogP contribution in [0.3, 0.4) is 0 Å². The molecule has 0 saturated heterocycles. The number of rotatable bonds is 1. The SMILES string of the molecule is CC(=O)C1(N)N=C2N=CN=C2C(=O)[NH2+]1.[Br-]. The summed E-state index contributed by atoms with van der Waals surface area (Å²) in [6.07, 6.45) is 1.21. The van der Waals surface area contributed by atoms with Gasteiger partial charge in [0.2, 0.25) is 11.5 Å². The second-order valence-electron chi connectivity index (χ2n) is 3.05. The average molecular weight is 274 g/mol. The van der Waals surface area contributed by atoms with Crippen LogP contribution in [0.1, 0.15) is 6.92 Å². The maximum Gasteiger partial charge on any atom is 0.368 e. The van der Waals surface area contributed by atoms with E-state index in [4.69, 9.17) is 5.73 Å². The van der Waals surface area contributed by atoms with Gasteiger partial charge < -0.3 is 17.0 Å². The first-order valence-corrected chi connectivity index (χ1v) is 3.94. The molecule has 1 amide bonds. The molecule has 2 rings (SSSR count). The molecule has 4 N–H and O–H groups in total. The third-order valence-electron chi connectivity index (χ3n) is 2.02. The van der Waals surface area contributed by atoms with E-state index in [1.54, 1.807) is 0 Å². The van der Waals surface area contributed by atoms with Crippen molar-refractivity contribution in [1.29, 1.82) is 0 Å². The number of fused-ring (bicyclic) bond motifs is 1. The van der Waals surface area contributed by atoms with E-state index in [2.05, 4.69) is 15.0 Å². The van der Waals surface area contributed by atoms with E-state index in [-0.39, 0.29) is 28.5 Å². The molecule has 1 atom stereocenters. The summed E-state index contributed by atoms with van der Waals surface area (Å²) in [7, 11) is 0. The van der Waals surface area contributed by atoms with E-state index in [1.165, 1.54) is 13.3 Å². The van der Waals surface area contributed by atoms with Crippen LogP contribution in [0.25, 0.3) is 0 Å². The number of amidine groups is 1. The Labute approximate surface area is 95.3 Å². The molecule has 2 heterocycles. The Hall–Kier alpha value is -1.25. The van der Waals surface area contributed by atoms with Gasteiger partial charge in [-0.25, -0.2) is 20.1 Å². The van der Waals surface area contributed by atoms with Crippen LogP contribution in [-0.4, -0.2) is 35.4 Å². The van der Waals surface area contributed by atoms with Crippen LogP contribution < -0.4 is 28.0 Å². The quantitative estimate of drug-likeness (QED) is 0.496. The Bertz CT molecular complexity index is 427. The minimum atomic E-state index is -1.58. The van der Waals surface area contributed by atoms with Gasteiger partial charge in [0.1, 0.15) is 6.34 Å². The third kappa shape index (κ3) is 1.78. The van der Waals surface area contributed by atoms with Gasteiger partial charge in [0, 0.05) is 6.92 Å². The zero-order valence-corrected chi connectivity index (χ0v) is 9.35. The van der Waals surface area contributed by atoms with Crippen molar-refractivity contribution in [3.05, 3.63) is 0 Å². The standard InChI is InChI=1S/C7H7N5O2.BrH/c1-3(13)7(8)11-5-4(6(14)12-7)9-2-10-5;/h2H,8H2,1H3,(H,12,14);1H. The van der Waals surface area contributed by atoms with Gasteiger partial charge in [-0.1, -0.05) is 0 Å². The molecule has 0 spiro atoms. The minimum Gasteiger partial charge on any atom is -1.00 e. The van der Waals surface area contributed by atoms with Gasteiger partial charge >= 0.3 is 11.7 Å². The van der Waals surface area contributed by atoms with Crippen molar-refractivity contribution in [2.75, 3.05) is 0 Å². The molecule has 7 nitrogen and oxygen atoms in total. The summed E-state index contributed by atoms with van der Waals surface area (Å²) in [5, 5.41) is 1.06. The van der Waals surface area contributed by atoms with Crippen LogP contribution in [-0.2, 0) is 9.59 Å². The molecule has 2 aliphatic rings. The number of quaternary nitrogens is 1. The van der Waals surface area contributed by atoms with Crippen LogP contribution in [0.4, 0.5) is 0 Å². The highest BCUT2D eigenvalue weighted by Gasteiger charge is 2.45. The maximum atomic E-state index is 11.4.